The molecule has 2 aromatic rings. The van der Waals surface area contributed by atoms with Crippen LogP contribution < -0.4 is 0 Å². The van der Waals surface area contributed by atoms with E-state index in [9.17, 15) is 9.59 Å². The fourth-order valence-electron chi connectivity index (χ4n) is 2.15. The highest BCUT2D eigenvalue weighted by molar-refractivity contribution is 6.43. The van der Waals surface area contributed by atoms with Gasteiger partial charge in [0.25, 0.3) is 11.8 Å². The van der Waals surface area contributed by atoms with Gasteiger partial charge in [-0.05, 0) is 18.2 Å². The van der Waals surface area contributed by atoms with E-state index in [2.05, 4.69) is 5.10 Å². The molecule has 2 heterocycles. The maximum Gasteiger partial charge on any atom is 0.261 e. The van der Waals surface area contributed by atoms with Crippen molar-refractivity contribution in [3.8, 4) is 0 Å². The van der Waals surface area contributed by atoms with E-state index in [4.69, 9.17) is 23.2 Å². The first-order chi connectivity index (χ1) is 9.49. The van der Waals surface area contributed by atoms with Crippen molar-refractivity contribution in [1.82, 2.24) is 14.7 Å². The average Bonchev–Trinajstić information content (AvgIpc) is 2.90. The molecule has 2 amide bonds. The monoisotopic (exact) mass is 309 g/mol. The maximum atomic E-state index is 12.3. The predicted octanol–water partition coefficient (Wildman–Crippen LogP) is 2.52. The van der Waals surface area contributed by atoms with Crippen LogP contribution in [0.4, 0.5) is 0 Å². The molecule has 3 rings (SSSR count). The summed E-state index contributed by atoms with van der Waals surface area (Å²) in [5.74, 6) is -0.741. The van der Waals surface area contributed by atoms with E-state index < -0.39 is 0 Å². The summed E-state index contributed by atoms with van der Waals surface area (Å²) in [5.41, 5.74) is 1.33. The Morgan fingerprint density at radius 3 is 2.10 bits per heavy atom. The molecule has 0 saturated carbocycles. The molecular formula is C13H9Cl2N3O2. The van der Waals surface area contributed by atoms with E-state index in [1.807, 2.05) is 0 Å². The lowest BCUT2D eigenvalue weighted by Gasteiger charge is -2.13. The van der Waals surface area contributed by atoms with Gasteiger partial charge in [0.15, 0.2) is 0 Å². The summed E-state index contributed by atoms with van der Waals surface area (Å²) in [4.78, 5) is 25.7. The first kappa shape index (κ1) is 13.1. The first-order valence-electron chi connectivity index (χ1n) is 5.81. The molecule has 7 heteroatoms. The third kappa shape index (κ3) is 1.90. The average molecular weight is 310 g/mol. The Labute approximate surface area is 124 Å². The summed E-state index contributed by atoms with van der Waals surface area (Å²) in [5, 5.41) is 4.53. The Hall–Kier alpha value is -1.85. The molecule has 0 fully saturated rings. The topological polar surface area (TPSA) is 55.2 Å². The van der Waals surface area contributed by atoms with Crippen LogP contribution in [0.1, 0.15) is 26.4 Å². The number of halogens is 2. The smallest absolute Gasteiger partial charge is 0.261 e. The van der Waals surface area contributed by atoms with Crippen molar-refractivity contribution in [3.63, 3.8) is 0 Å². The van der Waals surface area contributed by atoms with Gasteiger partial charge >= 0.3 is 0 Å². The van der Waals surface area contributed by atoms with Crippen molar-refractivity contribution in [2.24, 2.45) is 7.05 Å². The maximum absolute atomic E-state index is 12.3. The zero-order valence-corrected chi connectivity index (χ0v) is 11.9. The van der Waals surface area contributed by atoms with Gasteiger partial charge in [-0.2, -0.15) is 5.10 Å². The van der Waals surface area contributed by atoms with Gasteiger partial charge < -0.3 is 0 Å². The Balaban J connectivity index is 1.99. The second kappa shape index (κ2) is 4.61. The molecular weight excluding hydrogens is 301 g/mol. The van der Waals surface area contributed by atoms with Gasteiger partial charge in [-0.25, -0.2) is 0 Å². The zero-order valence-electron chi connectivity index (χ0n) is 10.4. The molecule has 1 aliphatic rings. The van der Waals surface area contributed by atoms with E-state index in [0.29, 0.717) is 0 Å². The fourth-order valence-corrected chi connectivity index (χ4v) is 2.47. The molecule has 1 aromatic carbocycles. The molecule has 0 N–H and O–H groups in total. The highest BCUT2D eigenvalue weighted by Crippen LogP contribution is 2.32. The van der Waals surface area contributed by atoms with E-state index in [1.165, 1.54) is 12.1 Å². The molecule has 0 spiro atoms. The van der Waals surface area contributed by atoms with E-state index in [-0.39, 0.29) is 39.5 Å². The van der Waals surface area contributed by atoms with Crippen molar-refractivity contribution in [1.29, 1.82) is 0 Å². The van der Waals surface area contributed by atoms with Crippen LogP contribution in [-0.4, -0.2) is 26.5 Å². The number of carbonyl (C=O) groups is 2. The molecule has 1 aromatic heterocycles. The molecule has 5 nitrogen and oxygen atoms in total. The lowest BCUT2D eigenvalue weighted by Crippen LogP contribution is -2.30. The van der Waals surface area contributed by atoms with Gasteiger partial charge in [-0.1, -0.05) is 23.2 Å². The zero-order chi connectivity index (χ0) is 14.4. The number of fused-ring (bicyclic) bond motifs is 1. The lowest BCUT2D eigenvalue weighted by molar-refractivity contribution is 0.0639. The Morgan fingerprint density at radius 2 is 1.65 bits per heavy atom. The number of imide groups is 1. The number of aromatic nitrogens is 2. The summed E-state index contributed by atoms with van der Waals surface area (Å²) < 4.78 is 1.61. The molecule has 0 radical (unpaired) electrons. The summed E-state index contributed by atoms with van der Waals surface area (Å²) in [7, 11) is 1.75. The number of hydrogen-bond donors (Lipinski definition) is 0. The van der Waals surface area contributed by atoms with E-state index in [1.54, 1.807) is 24.0 Å². The molecule has 0 saturated heterocycles. The molecule has 102 valence electrons. The summed E-state index contributed by atoms with van der Waals surface area (Å²) in [6.45, 7) is 0.165. The van der Waals surface area contributed by atoms with Crippen LogP contribution in [0.5, 0.6) is 0 Å². The molecule has 20 heavy (non-hydrogen) atoms. The van der Waals surface area contributed by atoms with Crippen LogP contribution in [0, 0.1) is 0 Å². The van der Waals surface area contributed by atoms with E-state index >= 15 is 0 Å². The van der Waals surface area contributed by atoms with Gasteiger partial charge in [-0.15, -0.1) is 0 Å². The summed E-state index contributed by atoms with van der Waals surface area (Å²) >= 11 is 11.8. The van der Waals surface area contributed by atoms with Crippen LogP contribution in [0.25, 0.3) is 0 Å². The largest absolute Gasteiger partial charge is 0.271 e. The quantitative estimate of drug-likeness (QED) is 0.801. The molecule has 0 aliphatic carbocycles. The fraction of sp³-hybridized carbons (Fsp3) is 0.154. The minimum absolute atomic E-state index is 0.165. The first-order valence-corrected chi connectivity index (χ1v) is 6.56. The van der Waals surface area contributed by atoms with Crippen LogP contribution in [0.3, 0.4) is 0 Å². The normalized spacial score (nSPS) is 14.1. The van der Waals surface area contributed by atoms with Gasteiger partial charge in [0.1, 0.15) is 0 Å². The van der Waals surface area contributed by atoms with Crippen LogP contribution in [0.2, 0.25) is 10.0 Å². The van der Waals surface area contributed by atoms with Gasteiger partial charge in [0, 0.05) is 13.2 Å². The summed E-state index contributed by atoms with van der Waals surface area (Å²) in [6.07, 6.45) is 1.61. The summed E-state index contributed by atoms with van der Waals surface area (Å²) in [6, 6.07) is 4.62. The number of benzene rings is 1. The highest BCUT2D eigenvalue weighted by atomic mass is 35.5. The predicted molar refractivity (Wildman–Crippen MR) is 73.9 cm³/mol. The number of rotatable bonds is 2. The van der Waals surface area contributed by atoms with Crippen molar-refractivity contribution in [2.75, 3.05) is 0 Å². The number of hydrogen-bond acceptors (Lipinski definition) is 3. The number of nitrogens with zero attached hydrogens (tertiary/aromatic N) is 3. The van der Waals surface area contributed by atoms with Crippen LogP contribution in [0.15, 0.2) is 24.4 Å². The second-order valence-electron chi connectivity index (χ2n) is 4.45. The van der Waals surface area contributed by atoms with Crippen LogP contribution >= 0.6 is 23.2 Å². The van der Waals surface area contributed by atoms with Crippen molar-refractivity contribution >= 4 is 35.0 Å². The minimum atomic E-state index is -0.371. The Morgan fingerprint density at radius 1 is 1.10 bits per heavy atom. The highest BCUT2D eigenvalue weighted by Gasteiger charge is 2.36. The third-order valence-electron chi connectivity index (χ3n) is 3.25. The van der Waals surface area contributed by atoms with Crippen molar-refractivity contribution < 1.29 is 9.59 Å². The molecule has 1 aliphatic heterocycles. The molecule has 0 unspecified atom stereocenters. The Kier molecular flexibility index (Phi) is 3.03. The standard InChI is InChI=1S/C13H9Cl2N3O2/c1-17-7(2-3-16-17)6-18-12(19)8-4-10(14)11(15)5-9(8)13(18)20/h2-5H,6H2,1H3. The number of carbonyl (C=O) groups excluding carboxylic acids is 2. The van der Waals surface area contributed by atoms with Gasteiger partial charge in [0.2, 0.25) is 0 Å². The van der Waals surface area contributed by atoms with Gasteiger partial charge in [0.05, 0.1) is 33.4 Å². The number of aryl methyl sites for hydroxylation is 1. The van der Waals surface area contributed by atoms with Crippen molar-refractivity contribution in [2.45, 2.75) is 6.54 Å². The van der Waals surface area contributed by atoms with Crippen molar-refractivity contribution in [3.05, 3.63) is 51.3 Å². The second-order valence-corrected chi connectivity index (χ2v) is 5.27. The number of amides is 2. The van der Waals surface area contributed by atoms with Crippen LogP contribution in [-0.2, 0) is 13.6 Å². The SMILES string of the molecule is Cn1nccc1CN1C(=O)c2cc(Cl)c(Cl)cc2C1=O. The lowest BCUT2D eigenvalue weighted by atomic mass is 10.1. The minimum Gasteiger partial charge on any atom is -0.271 e. The Bertz CT molecular complexity index is 698. The van der Waals surface area contributed by atoms with E-state index in [0.717, 1.165) is 10.6 Å². The van der Waals surface area contributed by atoms with Gasteiger partial charge in [-0.3, -0.25) is 19.2 Å². The third-order valence-corrected chi connectivity index (χ3v) is 3.98. The molecule has 0 atom stereocenters. The molecule has 0 bridgehead atoms.